The molecule has 0 amide bonds. The van der Waals surface area contributed by atoms with E-state index in [1.165, 1.54) is 14.7 Å². The molecule has 0 spiro atoms. The first-order chi connectivity index (χ1) is 9.13. The molecule has 1 aromatic heterocycles. The highest BCUT2D eigenvalue weighted by Crippen LogP contribution is 2.25. The van der Waals surface area contributed by atoms with Crippen molar-refractivity contribution in [1.29, 1.82) is 0 Å². The Labute approximate surface area is 127 Å². The van der Waals surface area contributed by atoms with Gasteiger partial charge in [0.2, 0.25) is 0 Å². The van der Waals surface area contributed by atoms with Crippen molar-refractivity contribution in [2.75, 3.05) is 0 Å². The van der Waals surface area contributed by atoms with E-state index < -0.39 is 0 Å². The van der Waals surface area contributed by atoms with Crippen molar-refractivity contribution in [2.45, 2.75) is 25.8 Å². The molecule has 2 aromatic rings. The standard InChI is InChI=1S/C14H19IN4/c1-10-4-3-5-11(14(10)15)12(18-16)6-7-13-17-8-9-19(13)2/h3-5,8-9,12,18H,6-7,16H2,1-2H3. The van der Waals surface area contributed by atoms with Crippen LogP contribution in [0.25, 0.3) is 0 Å². The number of hydrazine groups is 1. The predicted octanol–water partition coefficient (Wildman–Crippen LogP) is 2.47. The van der Waals surface area contributed by atoms with Crippen molar-refractivity contribution in [2.24, 2.45) is 12.9 Å². The fraction of sp³-hybridized carbons (Fsp3) is 0.357. The number of nitrogens with zero attached hydrogens (tertiary/aromatic N) is 2. The maximum absolute atomic E-state index is 5.72. The molecular weight excluding hydrogens is 351 g/mol. The Balaban J connectivity index is 2.12. The van der Waals surface area contributed by atoms with Crippen LogP contribution in [0, 0.1) is 10.5 Å². The number of aryl methyl sites for hydroxylation is 3. The van der Waals surface area contributed by atoms with E-state index in [-0.39, 0.29) is 6.04 Å². The van der Waals surface area contributed by atoms with Crippen molar-refractivity contribution >= 4 is 22.6 Å². The highest BCUT2D eigenvalue weighted by Gasteiger charge is 2.14. The van der Waals surface area contributed by atoms with Crippen LogP contribution < -0.4 is 11.3 Å². The third-order valence-corrected chi connectivity index (χ3v) is 4.85. The van der Waals surface area contributed by atoms with E-state index in [9.17, 15) is 0 Å². The molecule has 0 radical (unpaired) electrons. The molecule has 19 heavy (non-hydrogen) atoms. The van der Waals surface area contributed by atoms with Crippen LogP contribution in [0.5, 0.6) is 0 Å². The van der Waals surface area contributed by atoms with Crippen LogP contribution in [0.4, 0.5) is 0 Å². The molecule has 0 fully saturated rings. The Bertz CT molecular complexity index is 550. The van der Waals surface area contributed by atoms with Crippen molar-refractivity contribution in [1.82, 2.24) is 15.0 Å². The van der Waals surface area contributed by atoms with Crippen molar-refractivity contribution < 1.29 is 0 Å². The summed E-state index contributed by atoms with van der Waals surface area (Å²) in [5, 5.41) is 0. The average Bonchev–Trinajstić information content (AvgIpc) is 2.80. The molecular formula is C14H19IN4. The van der Waals surface area contributed by atoms with Crippen LogP contribution in [0.3, 0.4) is 0 Å². The van der Waals surface area contributed by atoms with E-state index in [0.29, 0.717) is 0 Å². The topological polar surface area (TPSA) is 55.9 Å². The SMILES string of the molecule is Cc1cccc(C(CCc2nccn2C)NN)c1I. The van der Waals surface area contributed by atoms with E-state index in [4.69, 9.17) is 5.84 Å². The first-order valence-corrected chi connectivity index (χ1v) is 7.38. The van der Waals surface area contributed by atoms with Gasteiger partial charge in [-0.05, 0) is 47.1 Å². The first-order valence-electron chi connectivity index (χ1n) is 6.30. The average molecular weight is 370 g/mol. The number of nitrogens with two attached hydrogens (primary N) is 1. The van der Waals surface area contributed by atoms with Crippen LogP contribution in [0.1, 0.15) is 29.4 Å². The Morgan fingerprint density at radius 2 is 2.26 bits per heavy atom. The summed E-state index contributed by atoms with van der Waals surface area (Å²) in [7, 11) is 2.02. The van der Waals surface area contributed by atoms with E-state index in [1.54, 1.807) is 0 Å². The third-order valence-electron chi connectivity index (χ3n) is 3.38. The van der Waals surface area contributed by atoms with E-state index in [1.807, 2.05) is 19.4 Å². The monoisotopic (exact) mass is 370 g/mol. The molecule has 1 heterocycles. The molecule has 1 unspecified atom stereocenters. The number of nitrogens with one attached hydrogen (secondary N) is 1. The van der Waals surface area contributed by atoms with Crippen molar-refractivity contribution in [3.05, 3.63) is 51.1 Å². The minimum atomic E-state index is 0.156. The molecule has 5 heteroatoms. The van der Waals surface area contributed by atoms with Gasteiger partial charge in [0.05, 0.1) is 0 Å². The zero-order valence-electron chi connectivity index (χ0n) is 11.2. The number of hydrogen-bond acceptors (Lipinski definition) is 3. The summed E-state index contributed by atoms with van der Waals surface area (Å²) in [6, 6.07) is 6.50. The second kappa shape index (κ2) is 6.49. The normalized spacial score (nSPS) is 12.6. The molecule has 0 aliphatic rings. The summed E-state index contributed by atoms with van der Waals surface area (Å²) < 4.78 is 3.33. The fourth-order valence-corrected chi connectivity index (χ4v) is 2.91. The number of halogens is 1. The van der Waals surface area contributed by atoms with Crippen LogP contribution in [-0.4, -0.2) is 9.55 Å². The molecule has 0 aliphatic heterocycles. The van der Waals surface area contributed by atoms with Gasteiger partial charge in [0.25, 0.3) is 0 Å². The highest BCUT2D eigenvalue weighted by atomic mass is 127. The van der Waals surface area contributed by atoms with Gasteiger partial charge < -0.3 is 4.57 Å². The van der Waals surface area contributed by atoms with Crippen LogP contribution in [-0.2, 0) is 13.5 Å². The summed E-state index contributed by atoms with van der Waals surface area (Å²) in [5.41, 5.74) is 5.48. The van der Waals surface area contributed by atoms with Gasteiger partial charge in [-0.1, -0.05) is 18.2 Å². The molecule has 0 saturated carbocycles. The van der Waals surface area contributed by atoms with Crippen LogP contribution >= 0.6 is 22.6 Å². The second-order valence-corrected chi connectivity index (χ2v) is 5.77. The van der Waals surface area contributed by atoms with E-state index >= 15 is 0 Å². The minimum absolute atomic E-state index is 0.156. The maximum Gasteiger partial charge on any atom is 0.108 e. The summed E-state index contributed by atoms with van der Waals surface area (Å²) in [5.74, 6) is 6.81. The summed E-state index contributed by atoms with van der Waals surface area (Å²) in [4.78, 5) is 4.35. The van der Waals surface area contributed by atoms with Gasteiger partial charge in [-0.3, -0.25) is 11.3 Å². The van der Waals surface area contributed by atoms with Gasteiger partial charge in [-0.2, -0.15) is 0 Å². The molecule has 0 bridgehead atoms. The molecule has 1 atom stereocenters. The van der Waals surface area contributed by atoms with Gasteiger partial charge in [-0.15, -0.1) is 0 Å². The lowest BCUT2D eigenvalue weighted by molar-refractivity contribution is 0.504. The maximum atomic E-state index is 5.72. The van der Waals surface area contributed by atoms with Gasteiger partial charge in [0, 0.05) is 35.5 Å². The molecule has 3 N–H and O–H groups in total. The lowest BCUT2D eigenvalue weighted by Gasteiger charge is -2.18. The number of hydrogen-bond donors (Lipinski definition) is 2. The van der Waals surface area contributed by atoms with Gasteiger partial charge in [0.1, 0.15) is 5.82 Å². The lowest BCUT2D eigenvalue weighted by atomic mass is 10.0. The molecule has 102 valence electrons. The number of imidazole rings is 1. The quantitative estimate of drug-likeness (QED) is 0.483. The minimum Gasteiger partial charge on any atom is -0.338 e. The third kappa shape index (κ3) is 3.34. The van der Waals surface area contributed by atoms with Gasteiger partial charge >= 0.3 is 0 Å². The summed E-state index contributed by atoms with van der Waals surface area (Å²) >= 11 is 2.39. The first kappa shape index (κ1) is 14.5. The van der Waals surface area contributed by atoms with Crippen molar-refractivity contribution in [3.63, 3.8) is 0 Å². The Morgan fingerprint density at radius 3 is 2.89 bits per heavy atom. The van der Waals surface area contributed by atoms with Crippen LogP contribution in [0.15, 0.2) is 30.6 Å². The largest absolute Gasteiger partial charge is 0.338 e. The lowest BCUT2D eigenvalue weighted by Crippen LogP contribution is -2.29. The van der Waals surface area contributed by atoms with E-state index in [2.05, 4.69) is 62.7 Å². The predicted molar refractivity (Wildman–Crippen MR) is 85.5 cm³/mol. The zero-order valence-corrected chi connectivity index (χ0v) is 13.4. The smallest absolute Gasteiger partial charge is 0.108 e. The number of benzene rings is 1. The molecule has 0 saturated heterocycles. The Morgan fingerprint density at radius 1 is 1.47 bits per heavy atom. The summed E-state index contributed by atoms with van der Waals surface area (Å²) in [6.45, 7) is 2.12. The van der Waals surface area contributed by atoms with Crippen LogP contribution in [0.2, 0.25) is 0 Å². The number of rotatable bonds is 5. The molecule has 2 rings (SSSR count). The molecule has 1 aromatic carbocycles. The molecule has 4 nitrogen and oxygen atoms in total. The van der Waals surface area contributed by atoms with Crippen molar-refractivity contribution in [3.8, 4) is 0 Å². The van der Waals surface area contributed by atoms with Gasteiger partial charge in [0.15, 0.2) is 0 Å². The van der Waals surface area contributed by atoms with E-state index in [0.717, 1.165) is 18.7 Å². The summed E-state index contributed by atoms with van der Waals surface area (Å²) in [6.07, 6.45) is 5.64. The zero-order chi connectivity index (χ0) is 13.8. The highest BCUT2D eigenvalue weighted by molar-refractivity contribution is 14.1. The molecule has 0 aliphatic carbocycles. The number of aromatic nitrogens is 2. The fourth-order valence-electron chi connectivity index (χ4n) is 2.18. The second-order valence-electron chi connectivity index (χ2n) is 4.69. The Hall–Kier alpha value is -0.920. The Kier molecular flexibility index (Phi) is 4.95. The van der Waals surface area contributed by atoms with Gasteiger partial charge in [-0.25, -0.2) is 4.98 Å².